The van der Waals surface area contributed by atoms with Gasteiger partial charge in [0.15, 0.2) is 8.29 Å². The molecular weight excluding hydrogens is 320 g/mol. The van der Waals surface area contributed by atoms with Crippen molar-refractivity contribution in [3.05, 3.63) is 33.8 Å². The maximum absolute atomic E-state index is 5.34. The molecule has 7 heteroatoms. The van der Waals surface area contributed by atoms with Crippen LogP contribution in [0.2, 0.25) is 0 Å². The van der Waals surface area contributed by atoms with E-state index >= 15 is 0 Å². The van der Waals surface area contributed by atoms with Gasteiger partial charge in [-0.15, -0.1) is 0 Å². The van der Waals surface area contributed by atoms with E-state index in [-0.39, 0.29) is 0 Å². The fourth-order valence-corrected chi connectivity index (χ4v) is 3.69. The van der Waals surface area contributed by atoms with Crippen LogP contribution in [0.3, 0.4) is 0 Å². The zero-order valence-electron chi connectivity index (χ0n) is 12.7. The van der Waals surface area contributed by atoms with Crippen LogP contribution in [0.25, 0.3) is 0 Å². The third-order valence-corrected chi connectivity index (χ3v) is 5.33. The third-order valence-electron chi connectivity index (χ3n) is 3.04. The smallest absolute Gasteiger partial charge is 0.181 e. The lowest BCUT2D eigenvalue weighted by Gasteiger charge is -2.17. The lowest BCUT2D eigenvalue weighted by molar-refractivity contribution is 0.243. The first kappa shape index (κ1) is 16.5. The summed E-state index contributed by atoms with van der Waals surface area (Å²) in [6, 6.07) is 8.62. The fraction of sp³-hybridized carbons (Fsp3) is 0.429. The summed E-state index contributed by atoms with van der Waals surface area (Å²) < 4.78 is 3.73. The van der Waals surface area contributed by atoms with Crippen LogP contribution in [0.15, 0.2) is 28.6 Å². The minimum Gasteiger partial charge on any atom is -0.378 e. The zero-order valence-corrected chi connectivity index (χ0v) is 15.2. The van der Waals surface area contributed by atoms with Crippen molar-refractivity contribution in [1.82, 2.24) is 14.7 Å². The molecule has 2 rings (SSSR count). The first-order valence-electron chi connectivity index (χ1n) is 6.56. The molecule has 0 radical (unpaired) electrons. The minimum absolute atomic E-state index is 0.714. The van der Waals surface area contributed by atoms with Gasteiger partial charge in [-0.3, -0.25) is 4.90 Å². The molecule has 0 saturated heterocycles. The Morgan fingerprint density at radius 2 is 1.90 bits per heavy atom. The minimum atomic E-state index is 0.714. The average Bonchev–Trinajstić information content (AvgIpc) is 2.80. The number of aromatic nitrogens is 2. The van der Waals surface area contributed by atoms with Crippen LogP contribution >= 0.6 is 35.3 Å². The average molecular weight is 341 g/mol. The van der Waals surface area contributed by atoms with Gasteiger partial charge in [-0.1, -0.05) is 35.2 Å². The van der Waals surface area contributed by atoms with Crippen LogP contribution in [0.5, 0.6) is 0 Å². The molecule has 0 unspecified atom stereocenters. The van der Waals surface area contributed by atoms with Crippen molar-refractivity contribution < 1.29 is 0 Å². The normalized spacial score (nSPS) is 11.1. The van der Waals surface area contributed by atoms with Crippen molar-refractivity contribution in [3.8, 4) is 0 Å². The maximum Gasteiger partial charge on any atom is 0.181 e. The predicted molar refractivity (Wildman–Crippen MR) is 95.0 cm³/mol. The van der Waals surface area contributed by atoms with Crippen LogP contribution in [0, 0.1) is 3.95 Å². The highest BCUT2D eigenvalue weighted by atomic mass is 32.2. The predicted octanol–water partition coefficient (Wildman–Crippen LogP) is 3.55. The van der Waals surface area contributed by atoms with Gasteiger partial charge in [-0.2, -0.15) is 5.10 Å². The Labute approximate surface area is 139 Å². The molecule has 2 aromatic rings. The lowest BCUT2D eigenvalue weighted by Crippen LogP contribution is -2.22. The number of rotatable bonds is 6. The summed E-state index contributed by atoms with van der Waals surface area (Å²) in [4.78, 5) is 4.32. The van der Waals surface area contributed by atoms with E-state index in [0.717, 1.165) is 14.8 Å². The molecule has 0 aliphatic rings. The molecule has 0 amide bonds. The molecule has 0 aliphatic carbocycles. The highest BCUT2D eigenvalue weighted by Gasteiger charge is 2.06. The van der Waals surface area contributed by atoms with Crippen molar-refractivity contribution in [1.29, 1.82) is 0 Å². The van der Waals surface area contributed by atoms with E-state index in [1.165, 1.54) is 11.3 Å². The summed E-state index contributed by atoms with van der Waals surface area (Å²) in [5, 5.41) is 4.49. The zero-order chi connectivity index (χ0) is 15.4. The topological polar surface area (TPSA) is 24.3 Å². The van der Waals surface area contributed by atoms with Crippen molar-refractivity contribution >= 4 is 41.0 Å². The molecule has 0 aliphatic heterocycles. The van der Waals surface area contributed by atoms with Crippen LogP contribution in [-0.4, -0.2) is 42.1 Å². The first-order valence-corrected chi connectivity index (χ1v) is 9.01. The standard InChI is InChI=1S/C14H20N4S3/c1-16(2)12-7-5-11(6-8-12)9-17(3)10-18-14(19)21-13(15-18)20-4/h5-8H,9-10H2,1-4H3. The maximum atomic E-state index is 5.34. The van der Waals surface area contributed by atoms with E-state index in [0.29, 0.717) is 6.67 Å². The van der Waals surface area contributed by atoms with E-state index in [4.69, 9.17) is 12.2 Å². The van der Waals surface area contributed by atoms with Crippen molar-refractivity contribution in [3.63, 3.8) is 0 Å². The summed E-state index contributed by atoms with van der Waals surface area (Å²) in [7, 11) is 6.18. The Morgan fingerprint density at radius 1 is 1.24 bits per heavy atom. The van der Waals surface area contributed by atoms with Crippen LogP contribution in [-0.2, 0) is 13.2 Å². The fourth-order valence-electron chi connectivity index (χ4n) is 1.95. The van der Waals surface area contributed by atoms with Crippen LogP contribution < -0.4 is 4.90 Å². The Hall–Kier alpha value is -0.890. The van der Waals surface area contributed by atoms with Crippen molar-refractivity contribution in [2.75, 3.05) is 32.3 Å². The van der Waals surface area contributed by atoms with Crippen LogP contribution in [0.1, 0.15) is 5.56 Å². The molecule has 114 valence electrons. The Balaban J connectivity index is 1.99. The van der Waals surface area contributed by atoms with E-state index in [2.05, 4.69) is 60.3 Å². The number of hydrogen-bond donors (Lipinski definition) is 0. The largest absolute Gasteiger partial charge is 0.378 e. The molecular formula is C14H20N4S3. The van der Waals surface area contributed by atoms with Crippen molar-refractivity contribution in [2.24, 2.45) is 0 Å². The first-order chi connectivity index (χ1) is 9.99. The summed E-state index contributed by atoms with van der Waals surface area (Å²) in [5.41, 5.74) is 2.50. The number of anilines is 1. The van der Waals surface area contributed by atoms with E-state index in [9.17, 15) is 0 Å². The van der Waals surface area contributed by atoms with E-state index < -0.39 is 0 Å². The molecule has 0 fully saturated rings. The molecule has 1 aromatic heterocycles. The Kier molecular flexibility index (Phi) is 5.80. The molecule has 4 nitrogen and oxygen atoms in total. The molecule has 0 bridgehead atoms. The van der Waals surface area contributed by atoms with Gasteiger partial charge in [0, 0.05) is 26.3 Å². The highest BCUT2D eigenvalue weighted by molar-refractivity contribution is 8.00. The Morgan fingerprint density at radius 3 is 2.43 bits per heavy atom. The second-order valence-corrected chi connectivity index (χ2v) is 7.73. The number of nitrogens with zero attached hydrogens (tertiary/aromatic N) is 4. The number of benzene rings is 1. The molecule has 0 N–H and O–H groups in total. The van der Waals surface area contributed by atoms with Gasteiger partial charge < -0.3 is 4.90 Å². The second kappa shape index (κ2) is 7.40. The van der Waals surface area contributed by atoms with Gasteiger partial charge in [-0.25, -0.2) is 4.68 Å². The molecule has 0 atom stereocenters. The SMILES string of the molecule is CSc1nn(CN(C)Cc2ccc(N(C)C)cc2)c(=S)s1. The van der Waals surface area contributed by atoms with Crippen molar-refractivity contribution in [2.45, 2.75) is 17.6 Å². The van der Waals surface area contributed by atoms with Gasteiger partial charge in [-0.05, 0) is 43.2 Å². The number of hydrogen-bond acceptors (Lipinski definition) is 6. The summed E-state index contributed by atoms with van der Waals surface area (Å²) in [6.45, 7) is 1.59. The molecule has 1 aromatic carbocycles. The van der Waals surface area contributed by atoms with Gasteiger partial charge in [0.1, 0.15) is 0 Å². The number of thioether (sulfide) groups is 1. The highest BCUT2D eigenvalue weighted by Crippen LogP contribution is 2.19. The Bertz CT molecular complexity index is 630. The quantitative estimate of drug-likeness (QED) is 0.591. The summed E-state index contributed by atoms with van der Waals surface area (Å²) in [5.74, 6) is 0. The monoisotopic (exact) mass is 340 g/mol. The third kappa shape index (κ3) is 4.54. The second-order valence-electron chi connectivity index (χ2n) is 5.05. The summed E-state index contributed by atoms with van der Waals surface area (Å²) >= 11 is 8.54. The van der Waals surface area contributed by atoms with Crippen LogP contribution in [0.4, 0.5) is 5.69 Å². The van der Waals surface area contributed by atoms with E-state index in [1.54, 1.807) is 23.1 Å². The molecule has 1 heterocycles. The van der Waals surface area contributed by atoms with Gasteiger partial charge in [0.25, 0.3) is 0 Å². The van der Waals surface area contributed by atoms with E-state index in [1.807, 2.05) is 10.9 Å². The van der Waals surface area contributed by atoms with Gasteiger partial charge >= 0.3 is 0 Å². The molecule has 0 spiro atoms. The molecule has 0 saturated carbocycles. The summed E-state index contributed by atoms with van der Waals surface area (Å²) in [6.07, 6.45) is 2.02. The van der Waals surface area contributed by atoms with Gasteiger partial charge in [0.05, 0.1) is 6.67 Å². The lowest BCUT2D eigenvalue weighted by atomic mass is 10.2. The molecule has 21 heavy (non-hydrogen) atoms. The van der Waals surface area contributed by atoms with Gasteiger partial charge in [0.2, 0.25) is 0 Å².